The molecule has 0 aliphatic rings. The molecule has 2 N–H and O–H groups in total. The van der Waals surface area contributed by atoms with Crippen molar-refractivity contribution in [2.24, 2.45) is 0 Å². The molecular formula is C16H19NO. The molecule has 2 rings (SSSR count). The maximum absolute atomic E-state index is 5.75. The second-order valence-corrected chi connectivity index (χ2v) is 5.45. The van der Waals surface area contributed by atoms with Crippen LogP contribution < -0.4 is 10.5 Å². The van der Waals surface area contributed by atoms with Crippen molar-refractivity contribution in [3.8, 4) is 11.5 Å². The van der Waals surface area contributed by atoms with Gasteiger partial charge in [0.05, 0.1) is 0 Å². The molecule has 2 aromatic rings. The molecule has 0 aliphatic carbocycles. The number of nitrogen functional groups attached to an aromatic ring is 1. The largest absolute Gasteiger partial charge is 0.457 e. The van der Waals surface area contributed by atoms with E-state index in [1.807, 2.05) is 36.4 Å². The summed E-state index contributed by atoms with van der Waals surface area (Å²) in [6.07, 6.45) is 0. The predicted molar refractivity (Wildman–Crippen MR) is 76.1 cm³/mol. The van der Waals surface area contributed by atoms with Crippen molar-refractivity contribution in [3.63, 3.8) is 0 Å². The minimum Gasteiger partial charge on any atom is -0.457 e. The Labute approximate surface area is 108 Å². The SMILES string of the molecule is CC(C)(C)c1ccc(Oc2cccc(N)c2)cc1. The minimum atomic E-state index is 0.162. The van der Waals surface area contributed by atoms with E-state index in [0.717, 1.165) is 11.5 Å². The summed E-state index contributed by atoms with van der Waals surface area (Å²) < 4.78 is 5.75. The van der Waals surface area contributed by atoms with Gasteiger partial charge in [0, 0.05) is 11.8 Å². The summed E-state index contributed by atoms with van der Waals surface area (Å²) in [4.78, 5) is 0. The van der Waals surface area contributed by atoms with Crippen molar-refractivity contribution < 1.29 is 4.74 Å². The van der Waals surface area contributed by atoms with Gasteiger partial charge in [0.2, 0.25) is 0 Å². The number of ether oxygens (including phenoxy) is 1. The van der Waals surface area contributed by atoms with Gasteiger partial charge in [-0.2, -0.15) is 0 Å². The van der Waals surface area contributed by atoms with Gasteiger partial charge in [0.1, 0.15) is 11.5 Å². The monoisotopic (exact) mass is 241 g/mol. The molecule has 0 amide bonds. The third-order valence-electron chi connectivity index (χ3n) is 2.81. The predicted octanol–water partition coefficient (Wildman–Crippen LogP) is 4.36. The number of nitrogens with two attached hydrogens (primary N) is 1. The topological polar surface area (TPSA) is 35.2 Å². The number of benzene rings is 2. The Bertz CT molecular complexity index is 524. The molecule has 0 atom stereocenters. The third kappa shape index (κ3) is 3.04. The highest BCUT2D eigenvalue weighted by molar-refractivity contribution is 5.45. The summed E-state index contributed by atoms with van der Waals surface area (Å²) in [5, 5.41) is 0. The lowest BCUT2D eigenvalue weighted by Gasteiger charge is -2.19. The fourth-order valence-corrected chi connectivity index (χ4v) is 1.74. The summed E-state index contributed by atoms with van der Waals surface area (Å²) in [5.41, 5.74) is 7.88. The second-order valence-electron chi connectivity index (χ2n) is 5.45. The molecule has 0 aromatic heterocycles. The molecule has 2 nitrogen and oxygen atoms in total. The molecule has 2 heteroatoms. The number of rotatable bonds is 2. The summed E-state index contributed by atoms with van der Waals surface area (Å²) >= 11 is 0. The average molecular weight is 241 g/mol. The Morgan fingerprint density at radius 1 is 0.889 bits per heavy atom. The summed E-state index contributed by atoms with van der Waals surface area (Å²) in [7, 11) is 0. The van der Waals surface area contributed by atoms with Crippen LogP contribution in [0.15, 0.2) is 48.5 Å². The summed E-state index contributed by atoms with van der Waals surface area (Å²) in [5.74, 6) is 1.59. The van der Waals surface area contributed by atoms with E-state index >= 15 is 0 Å². The standard InChI is InChI=1S/C16H19NO/c1-16(2,3)12-7-9-14(10-8-12)18-15-6-4-5-13(17)11-15/h4-11H,17H2,1-3H3. The molecule has 18 heavy (non-hydrogen) atoms. The third-order valence-corrected chi connectivity index (χ3v) is 2.81. The lowest BCUT2D eigenvalue weighted by Crippen LogP contribution is -2.10. The highest BCUT2D eigenvalue weighted by atomic mass is 16.5. The molecule has 94 valence electrons. The van der Waals surface area contributed by atoms with Gasteiger partial charge in [-0.1, -0.05) is 39.0 Å². The van der Waals surface area contributed by atoms with Crippen LogP contribution in [0.4, 0.5) is 5.69 Å². The van der Waals surface area contributed by atoms with Crippen LogP contribution in [-0.2, 0) is 5.41 Å². The van der Waals surface area contributed by atoms with E-state index in [4.69, 9.17) is 10.5 Å². The van der Waals surface area contributed by atoms with Crippen LogP contribution in [0.3, 0.4) is 0 Å². The highest BCUT2D eigenvalue weighted by Crippen LogP contribution is 2.27. The molecule has 0 spiro atoms. The summed E-state index contributed by atoms with van der Waals surface area (Å²) in [6, 6.07) is 15.6. The molecule has 0 heterocycles. The van der Waals surface area contributed by atoms with Crippen LogP contribution in [0.2, 0.25) is 0 Å². The first-order chi connectivity index (χ1) is 8.45. The quantitative estimate of drug-likeness (QED) is 0.793. The lowest BCUT2D eigenvalue weighted by atomic mass is 9.87. The van der Waals surface area contributed by atoms with E-state index in [2.05, 4.69) is 32.9 Å². The van der Waals surface area contributed by atoms with Gasteiger partial charge in [-0.05, 0) is 35.2 Å². The molecule has 0 saturated heterocycles. The number of hydrogen-bond acceptors (Lipinski definition) is 2. The maximum atomic E-state index is 5.75. The second kappa shape index (κ2) is 4.73. The molecule has 0 saturated carbocycles. The normalized spacial score (nSPS) is 11.3. The Morgan fingerprint density at radius 3 is 2.11 bits per heavy atom. The van der Waals surface area contributed by atoms with Crippen LogP contribution >= 0.6 is 0 Å². The first-order valence-corrected chi connectivity index (χ1v) is 6.09. The zero-order valence-electron chi connectivity index (χ0n) is 11.1. The van der Waals surface area contributed by atoms with E-state index in [1.165, 1.54) is 5.56 Å². The smallest absolute Gasteiger partial charge is 0.129 e. The van der Waals surface area contributed by atoms with E-state index in [1.54, 1.807) is 0 Å². The van der Waals surface area contributed by atoms with Crippen molar-refractivity contribution >= 4 is 5.69 Å². The lowest BCUT2D eigenvalue weighted by molar-refractivity contribution is 0.481. The van der Waals surface area contributed by atoms with E-state index in [9.17, 15) is 0 Å². The molecule has 2 aromatic carbocycles. The van der Waals surface area contributed by atoms with Crippen LogP contribution in [0.1, 0.15) is 26.3 Å². The average Bonchev–Trinajstić information content (AvgIpc) is 2.28. The van der Waals surface area contributed by atoms with Crippen molar-refractivity contribution in [2.45, 2.75) is 26.2 Å². The van der Waals surface area contributed by atoms with Crippen LogP contribution in [0, 0.1) is 0 Å². The molecule has 0 fully saturated rings. The molecule has 0 unspecified atom stereocenters. The number of anilines is 1. The van der Waals surface area contributed by atoms with Gasteiger partial charge in [-0.15, -0.1) is 0 Å². The van der Waals surface area contributed by atoms with Gasteiger partial charge in [0.25, 0.3) is 0 Å². The molecule has 0 aliphatic heterocycles. The van der Waals surface area contributed by atoms with Crippen molar-refractivity contribution in [1.82, 2.24) is 0 Å². The Hall–Kier alpha value is -1.96. The van der Waals surface area contributed by atoms with Crippen LogP contribution in [0.5, 0.6) is 11.5 Å². The van der Waals surface area contributed by atoms with Crippen LogP contribution in [-0.4, -0.2) is 0 Å². The van der Waals surface area contributed by atoms with Crippen LogP contribution in [0.25, 0.3) is 0 Å². The van der Waals surface area contributed by atoms with Gasteiger partial charge < -0.3 is 10.5 Å². The first kappa shape index (κ1) is 12.5. The van der Waals surface area contributed by atoms with Gasteiger partial charge in [0.15, 0.2) is 0 Å². The zero-order valence-corrected chi connectivity index (χ0v) is 11.1. The van der Waals surface area contributed by atoms with Crippen molar-refractivity contribution in [3.05, 3.63) is 54.1 Å². The zero-order chi connectivity index (χ0) is 13.2. The van der Waals surface area contributed by atoms with Crippen molar-refractivity contribution in [1.29, 1.82) is 0 Å². The minimum absolute atomic E-state index is 0.162. The Balaban J connectivity index is 2.16. The van der Waals surface area contributed by atoms with E-state index < -0.39 is 0 Å². The summed E-state index contributed by atoms with van der Waals surface area (Å²) in [6.45, 7) is 6.59. The Kier molecular flexibility index (Phi) is 3.28. The van der Waals surface area contributed by atoms with Gasteiger partial charge in [-0.3, -0.25) is 0 Å². The number of hydrogen-bond donors (Lipinski definition) is 1. The van der Waals surface area contributed by atoms with Crippen molar-refractivity contribution in [2.75, 3.05) is 5.73 Å². The van der Waals surface area contributed by atoms with Gasteiger partial charge in [-0.25, -0.2) is 0 Å². The van der Waals surface area contributed by atoms with Gasteiger partial charge >= 0.3 is 0 Å². The maximum Gasteiger partial charge on any atom is 0.129 e. The molecular weight excluding hydrogens is 222 g/mol. The molecule has 0 radical (unpaired) electrons. The highest BCUT2D eigenvalue weighted by Gasteiger charge is 2.12. The Morgan fingerprint density at radius 2 is 1.56 bits per heavy atom. The van der Waals surface area contributed by atoms with E-state index in [0.29, 0.717) is 5.69 Å². The fourth-order valence-electron chi connectivity index (χ4n) is 1.74. The van der Waals surface area contributed by atoms with E-state index in [-0.39, 0.29) is 5.41 Å². The fraction of sp³-hybridized carbons (Fsp3) is 0.250. The molecule has 0 bridgehead atoms. The first-order valence-electron chi connectivity index (χ1n) is 6.09.